The van der Waals surface area contributed by atoms with E-state index in [0.29, 0.717) is 11.1 Å². The molecule has 1 heterocycles. The van der Waals surface area contributed by atoms with Crippen molar-refractivity contribution >= 4 is 23.7 Å². The highest BCUT2D eigenvalue weighted by molar-refractivity contribution is 6.21. The fourth-order valence-electron chi connectivity index (χ4n) is 2.03. The van der Waals surface area contributed by atoms with Crippen LogP contribution in [0.4, 0.5) is 0 Å². The molecule has 1 aromatic rings. The van der Waals surface area contributed by atoms with Gasteiger partial charge in [-0.05, 0) is 19.1 Å². The van der Waals surface area contributed by atoms with E-state index in [4.69, 9.17) is 5.11 Å². The first-order valence-electron chi connectivity index (χ1n) is 6.39. The second-order valence-electron chi connectivity index (χ2n) is 4.68. The van der Waals surface area contributed by atoms with Gasteiger partial charge in [0.1, 0.15) is 6.04 Å². The Kier molecular flexibility index (Phi) is 4.02. The second-order valence-corrected chi connectivity index (χ2v) is 4.68. The largest absolute Gasteiger partial charge is 0.480 e. The molecule has 0 spiro atoms. The van der Waals surface area contributed by atoms with E-state index < -0.39 is 29.7 Å². The molecule has 21 heavy (non-hydrogen) atoms. The fraction of sp³-hybridized carbons (Fsp3) is 0.286. The smallest absolute Gasteiger partial charge is 0.325 e. The Morgan fingerprint density at radius 1 is 1.19 bits per heavy atom. The van der Waals surface area contributed by atoms with Crippen LogP contribution in [0.25, 0.3) is 0 Å². The maximum atomic E-state index is 12.0. The standard InChI is InChI=1S/C14H14N2O5/c1-8(14(20)21)15-11(17)6-7-16-12(18)9-4-2-3-5-10(9)13(16)19/h2-5,8H,6-7H2,1H3,(H,15,17)(H,20,21)/t8-/m0/s1. The number of imide groups is 1. The van der Waals surface area contributed by atoms with Gasteiger partial charge in [-0.1, -0.05) is 12.1 Å². The molecule has 0 aromatic heterocycles. The molecule has 1 aliphatic rings. The summed E-state index contributed by atoms with van der Waals surface area (Å²) in [5.74, 6) is -2.55. The van der Waals surface area contributed by atoms with E-state index in [1.807, 2.05) is 0 Å². The Hall–Kier alpha value is -2.70. The molecule has 7 nitrogen and oxygen atoms in total. The number of carboxylic acid groups (broad SMARTS) is 1. The number of benzene rings is 1. The number of rotatable bonds is 5. The highest BCUT2D eigenvalue weighted by Crippen LogP contribution is 2.22. The third kappa shape index (κ3) is 2.91. The van der Waals surface area contributed by atoms with Crippen LogP contribution in [0.3, 0.4) is 0 Å². The number of carboxylic acids is 1. The molecule has 2 rings (SSSR count). The molecule has 110 valence electrons. The van der Waals surface area contributed by atoms with Crippen LogP contribution in [0.2, 0.25) is 0 Å². The summed E-state index contributed by atoms with van der Waals surface area (Å²) in [6, 6.07) is 5.42. The van der Waals surface area contributed by atoms with Crippen LogP contribution in [-0.2, 0) is 9.59 Å². The van der Waals surface area contributed by atoms with Gasteiger partial charge in [0.25, 0.3) is 11.8 Å². The van der Waals surface area contributed by atoms with Gasteiger partial charge in [0.15, 0.2) is 0 Å². The minimum atomic E-state index is -1.15. The van der Waals surface area contributed by atoms with Crippen molar-refractivity contribution in [1.29, 1.82) is 0 Å². The predicted molar refractivity (Wildman–Crippen MR) is 71.7 cm³/mol. The summed E-state index contributed by atoms with van der Waals surface area (Å²) in [5.41, 5.74) is 0.642. The Morgan fingerprint density at radius 2 is 1.71 bits per heavy atom. The van der Waals surface area contributed by atoms with Crippen LogP contribution in [0.5, 0.6) is 0 Å². The van der Waals surface area contributed by atoms with Gasteiger partial charge in [-0.3, -0.25) is 24.1 Å². The molecular formula is C14H14N2O5. The lowest BCUT2D eigenvalue weighted by molar-refractivity contribution is -0.141. The summed E-state index contributed by atoms with van der Waals surface area (Å²) in [4.78, 5) is 47.2. The number of nitrogens with one attached hydrogen (secondary N) is 1. The van der Waals surface area contributed by atoms with Gasteiger partial charge in [0.05, 0.1) is 11.1 Å². The van der Waals surface area contributed by atoms with Crippen molar-refractivity contribution in [2.24, 2.45) is 0 Å². The number of fused-ring (bicyclic) bond motifs is 1. The molecule has 0 saturated carbocycles. The molecule has 0 saturated heterocycles. The summed E-state index contributed by atoms with van der Waals surface area (Å²) < 4.78 is 0. The lowest BCUT2D eigenvalue weighted by atomic mass is 10.1. The summed E-state index contributed by atoms with van der Waals surface area (Å²) in [7, 11) is 0. The highest BCUT2D eigenvalue weighted by Gasteiger charge is 2.35. The summed E-state index contributed by atoms with van der Waals surface area (Å²) in [6.07, 6.45) is -0.136. The Labute approximate surface area is 120 Å². The lowest BCUT2D eigenvalue weighted by Gasteiger charge is -2.14. The number of nitrogens with zero attached hydrogens (tertiary/aromatic N) is 1. The van der Waals surface area contributed by atoms with Gasteiger partial charge >= 0.3 is 5.97 Å². The van der Waals surface area contributed by atoms with E-state index in [1.54, 1.807) is 24.3 Å². The van der Waals surface area contributed by atoms with Crippen molar-refractivity contribution in [3.05, 3.63) is 35.4 Å². The van der Waals surface area contributed by atoms with Crippen molar-refractivity contribution in [1.82, 2.24) is 10.2 Å². The predicted octanol–water partition coefficient (Wildman–Crippen LogP) is 0.262. The second kappa shape index (κ2) is 5.74. The van der Waals surface area contributed by atoms with Gasteiger partial charge in [-0.25, -0.2) is 0 Å². The molecule has 0 aliphatic carbocycles. The topological polar surface area (TPSA) is 104 Å². The van der Waals surface area contributed by atoms with Gasteiger partial charge in [-0.15, -0.1) is 0 Å². The number of amides is 3. The van der Waals surface area contributed by atoms with Crippen LogP contribution in [-0.4, -0.2) is 46.3 Å². The normalized spacial score (nSPS) is 14.8. The molecule has 3 amide bonds. The van der Waals surface area contributed by atoms with Crippen LogP contribution in [0.15, 0.2) is 24.3 Å². The molecule has 0 unspecified atom stereocenters. The maximum Gasteiger partial charge on any atom is 0.325 e. The first kappa shape index (κ1) is 14.7. The van der Waals surface area contributed by atoms with Gasteiger partial charge in [0.2, 0.25) is 5.91 Å². The van der Waals surface area contributed by atoms with E-state index in [9.17, 15) is 19.2 Å². The van der Waals surface area contributed by atoms with Crippen molar-refractivity contribution < 1.29 is 24.3 Å². The molecule has 0 bridgehead atoms. The average Bonchev–Trinajstić information content (AvgIpc) is 2.69. The first-order chi connectivity index (χ1) is 9.91. The van der Waals surface area contributed by atoms with Crippen LogP contribution < -0.4 is 5.32 Å². The molecule has 1 atom stereocenters. The first-order valence-corrected chi connectivity index (χ1v) is 6.39. The number of hydrogen-bond donors (Lipinski definition) is 2. The number of hydrogen-bond acceptors (Lipinski definition) is 4. The van der Waals surface area contributed by atoms with E-state index in [0.717, 1.165) is 4.90 Å². The third-order valence-electron chi connectivity index (χ3n) is 3.19. The Bertz CT molecular complexity index is 591. The Morgan fingerprint density at radius 3 is 2.19 bits per heavy atom. The maximum absolute atomic E-state index is 12.0. The molecule has 0 radical (unpaired) electrons. The van der Waals surface area contributed by atoms with Gasteiger partial charge < -0.3 is 10.4 Å². The zero-order valence-corrected chi connectivity index (χ0v) is 11.3. The van der Waals surface area contributed by atoms with Crippen LogP contribution in [0, 0.1) is 0 Å². The molecule has 2 N–H and O–H groups in total. The summed E-state index contributed by atoms with van der Waals surface area (Å²) in [5, 5.41) is 10.9. The molecule has 7 heteroatoms. The van der Waals surface area contributed by atoms with Crippen LogP contribution >= 0.6 is 0 Å². The van der Waals surface area contributed by atoms with Crippen molar-refractivity contribution in [3.8, 4) is 0 Å². The van der Waals surface area contributed by atoms with E-state index in [1.165, 1.54) is 6.92 Å². The highest BCUT2D eigenvalue weighted by atomic mass is 16.4. The van der Waals surface area contributed by atoms with Crippen molar-refractivity contribution in [3.63, 3.8) is 0 Å². The number of carbonyl (C=O) groups is 4. The Balaban J connectivity index is 1.97. The average molecular weight is 290 g/mol. The van der Waals surface area contributed by atoms with Crippen molar-refractivity contribution in [2.45, 2.75) is 19.4 Å². The molecule has 1 aromatic carbocycles. The lowest BCUT2D eigenvalue weighted by Crippen LogP contribution is -2.40. The summed E-state index contributed by atoms with van der Waals surface area (Å²) >= 11 is 0. The SMILES string of the molecule is C[C@H](NC(=O)CCN1C(=O)c2ccccc2C1=O)C(=O)O. The van der Waals surface area contributed by atoms with E-state index >= 15 is 0 Å². The van der Waals surface area contributed by atoms with Gasteiger partial charge in [0, 0.05) is 13.0 Å². The minimum Gasteiger partial charge on any atom is -0.480 e. The van der Waals surface area contributed by atoms with Crippen LogP contribution in [0.1, 0.15) is 34.1 Å². The monoisotopic (exact) mass is 290 g/mol. The van der Waals surface area contributed by atoms with Crippen molar-refractivity contribution in [2.75, 3.05) is 6.54 Å². The number of carbonyl (C=O) groups excluding carboxylic acids is 3. The molecular weight excluding hydrogens is 276 g/mol. The fourth-order valence-corrected chi connectivity index (χ4v) is 2.03. The van der Waals surface area contributed by atoms with E-state index in [2.05, 4.69) is 5.32 Å². The number of aliphatic carboxylic acids is 1. The zero-order chi connectivity index (χ0) is 15.6. The summed E-state index contributed by atoms with van der Waals surface area (Å²) in [6.45, 7) is 1.26. The zero-order valence-electron chi connectivity index (χ0n) is 11.3. The minimum absolute atomic E-state index is 0.0789. The quantitative estimate of drug-likeness (QED) is 0.757. The third-order valence-corrected chi connectivity index (χ3v) is 3.19. The molecule has 1 aliphatic heterocycles. The van der Waals surface area contributed by atoms with Gasteiger partial charge in [-0.2, -0.15) is 0 Å². The van der Waals surface area contributed by atoms with E-state index in [-0.39, 0.29) is 13.0 Å². The molecule has 0 fully saturated rings.